The topological polar surface area (TPSA) is 105 Å². The lowest BCUT2D eigenvalue weighted by atomic mass is 10.2. The van der Waals surface area contributed by atoms with Gasteiger partial charge >= 0.3 is 0 Å². The summed E-state index contributed by atoms with van der Waals surface area (Å²) >= 11 is 0. The van der Waals surface area contributed by atoms with Crippen molar-refractivity contribution in [3.8, 4) is 0 Å². The van der Waals surface area contributed by atoms with Crippen molar-refractivity contribution in [2.45, 2.75) is 0 Å². The molecule has 1 aromatic rings. The predicted octanol–water partition coefficient (Wildman–Crippen LogP) is 0.405. The van der Waals surface area contributed by atoms with Gasteiger partial charge in [0.15, 0.2) is 0 Å². The number of carbonyl (C=O) groups is 1. The number of carbonyl (C=O) groups excluding carboxylic acids is 1. The highest BCUT2D eigenvalue weighted by Crippen LogP contribution is 2.25. The number of hydrazine groups is 1. The maximum Gasteiger partial charge on any atom is 0.273 e. The zero-order chi connectivity index (χ0) is 14.6. The molecule has 19 heavy (non-hydrogen) atoms. The summed E-state index contributed by atoms with van der Waals surface area (Å²) in [4.78, 5) is 25.0. The van der Waals surface area contributed by atoms with E-state index >= 15 is 0 Å². The third-order valence-electron chi connectivity index (χ3n) is 2.59. The number of nitrogens with one attached hydrogen (secondary N) is 1. The lowest BCUT2D eigenvalue weighted by Crippen LogP contribution is -2.34. The average molecular weight is 267 g/mol. The number of nitro groups is 1. The minimum Gasteiger partial charge on any atom is -0.365 e. The predicted molar refractivity (Wildman–Crippen MR) is 72.9 cm³/mol. The van der Waals surface area contributed by atoms with Crippen LogP contribution in [-0.2, 0) is 4.79 Å². The Labute approximate surface area is 110 Å². The van der Waals surface area contributed by atoms with Crippen molar-refractivity contribution in [3.63, 3.8) is 0 Å². The highest BCUT2D eigenvalue weighted by atomic mass is 16.6. The molecule has 0 aliphatic heterocycles. The molecule has 0 aliphatic carbocycles. The summed E-state index contributed by atoms with van der Waals surface area (Å²) in [7, 11) is 4.98. The smallest absolute Gasteiger partial charge is 0.273 e. The van der Waals surface area contributed by atoms with Gasteiger partial charge in [-0.2, -0.15) is 0 Å². The Morgan fingerprint density at radius 3 is 2.47 bits per heavy atom. The number of amides is 1. The van der Waals surface area contributed by atoms with Crippen LogP contribution in [0.1, 0.15) is 0 Å². The first-order valence-electron chi connectivity index (χ1n) is 5.52. The van der Waals surface area contributed by atoms with Crippen molar-refractivity contribution in [2.24, 2.45) is 5.84 Å². The molecule has 8 nitrogen and oxygen atoms in total. The summed E-state index contributed by atoms with van der Waals surface area (Å²) in [6, 6.07) is 4.35. The summed E-state index contributed by atoms with van der Waals surface area (Å²) in [6.45, 7) is 0.123. The number of nitrogen functional groups attached to an aromatic ring is 1. The normalized spacial score (nSPS) is 9.89. The summed E-state index contributed by atoms with van der Waals surface area (Å²) in [5, 5.41) is 10.8. The van der Waals surface area contributed by atoms with Gasteiger partial charge in [0.1, 0.15) is 0 Å². The largest absolute Gasteiger partial charge is 0.365 e. The van der Waals surface area contributed by atoms with Crippen molar-refractivity contribution < 1.29 is 9.72 Å². The molecule has 0 atom stereocenters. The van der Waals surface area contributed by atoms with E-state index < -0.39 is 4.92 Å². The van der Waals surface area contributed by atoms with Crippen LogP contribution in [0.3, 0.4) is 0 Å². The quantitative estimate of drug-likeness (QED) is 0.454. The number of hydrogen-bond acceptors (Lipinski definition) is 6. The maximum absolute atomic E-state index is 11.6. The zero-order valence-corrected chi connectivity index (χ0v) is 11.1. The molecule has 104 valence electrons. The number of nitrogens with zero attached hydrogens (tertiary/aromatic N) is 3. The maximum atomic E-state index is 11.6. The average Bonchev–Trinajstić information content (AvgIpc) is 2.37. The van der Waals surface area contributed by atoms with Crippen LogP contribution < -0.4 is 16.2 Å². The Balaban J connectivity index is 3.01. The molecule has 0 unspecified atom stereocenters. The molecule has 0 radical (unpaired) electrons. The van der Waals surface area contributed by atoms with Gasteiger partial charge in [0, 0.05) is 39.0 Å². The monoisotopic (exact) mass is 267 g/mol. The molecule has 8 heteroatoms. The molecule has 0 aromatic heterocycles. The highest BCUT2D eigenvalue weighted by molar-refractivity contribution is 5.81. The fraction of sp³-hybridized carbons (Fsp3) is 0.364. The van der Waals surface area contributed by atoms with E-state index in [1.54, 1.807) is 32.1 Å². The summed E-state index contributed by atoms with van der Waals surface area (Å²) in [5.41, 5.74) is 3.23. The minimum absolute atomic E-state index is 0.0883. The molecule has 0 fully saturated rings. The van der Waals surface area contributed by atoms with Gasteiger partial charge in [0.25, 0.3) is 5.69 Å². The SMILES string of the molecule is CN(C)C(=O)CN(C)c1cc(NN)cc([N+](=O)[O-])c1. The van der Waals surface area contributed by atoms with Crippen LogP contribution >= 0.6 is 0 Å². The number of likely N-dealkylation sites (N-methyl/N-ethyl adjacent to an activating group) is 2. The number of non-ortho nitro benzene ring substituents is 1. The van der Waals surface area contributed by atoms with E-state index in [4.69, 9.17) is 5.84 Å². The summed E-state index contributed by atoms with van der Waals surface area (Å²) in [5.74, 6) is 5.17. The van der Waals surface area contributed by atoms with Gasteiger partial charge in [-0.25, -0.2) is 0 Å². The van der Waals surface area contributed by atoms with Gasteiger partial charge in [-0.05, 0) is 6.07 Å². The molecule has 0 spiro atoms. The number of nitrogens with two attached hydrogens (primary N) is 1. The second-order valence-corrected chi connectivity index (χ2v) is 4.28. The zero-order valence-electron chi connectivity index (χ0n) is 11.1. The first-order chi connectivity index (χ1) is 8.85. The summed E-state index contributed by atoms with van der Waals surface area (Å²) < 4.78 is 0. The molecule has 0 saturated carbocycles. The number of nitro benzene ring substituents is 1. The fourth-order valence-electron chi connectivity index (χ4n) is 1.44. The van der Waals surface area contributed by atoms with E-state index in [2.05, 4.69) is 5.43 Å². The highest BCUT2D eigenvalue weighted by Gasteiger charge is 2.14. The van der Waals surface area contributed by atoms with Crippen LogP contribution in [0.25, 0.3) is 0 Å². The van der Waals surface area contributed by atoms with Crippen LogP contribution in [0.4, 0.5) is 17.1 Å². The van der Waals surface area contributed by atoms with Crippen LogP contribution in [0.15, 0.2) is 18.2 Å². The van der Waals surface area contributed by atoms with Gasteiger partial charge < -0.3 is 15.2 Å². The Hall–Kier alpha value is -2.35. The molecule has 3 N–H and O–H groups in total. The third-order valence-corrected chi connectivity index (χ3v) is 2.59. The molecule has 1 rings (SSSR count). The van der Waals surface area contributed by atoms with Crippen LogP contribution in [0.2, 0.25) is 0 Å². The fourth-order valence-corrected chi connectivity index (χ4v) is 1.44. The van der Waals surface area contributed by atoms with Gasteiger partial charge in [-0.3, -0.25) is 20.8 Å². The number of benzene rings is 1. The van der Waals surface area contributed by atoms with Crippen molar-refractivity contribution in [1.82, 2.24) is 4.90 Å². The molecule has 0 heterocycles. The first kappa shape index (κ1) is 14.7. The number of rotatable bonds is 5. The van der Waals surface area contributed by atoms with Gasteiger partial charge in [-0.15, -0.1) is 0 Å². The van der Waals surface area contributed by atoms with E-state index in [9.17, 15) is 14.9 Å². The van der Waals surface area contributed by atoms with Crippen LogP contribution in [0.5, 0.6) is 0 Å². The van der Waals surface area contributed by atoms with E-state index in [-0.39, 0.29) is 18.1 Å². The number of anilines is 2. The van der Waals surface area contributed by atoms with Gasteiger partial charge in [-0.1, -0.05) is 0 Å². The molecule has 0 bridgehead atoms. The molecule has 0 saturated heterocycles. The van der Waals surface area contributed by atoms with E-state index in [1.807, 2.05) is 0 Å². The molecule has 0 aliphatic rings. The first-order valence-corrected chi connectivity index (χ1v) is 5.52. The molecular formula is C11H17N5O3. The minimum atomic E-state index is -0.508. The van der Waals surface area contributed by atoms with Crippen molar-refractivity contribution in [2.75, 3.05) is 38.0 Å². The van der Waals surface area contributed by atoms with Crippen LogP contribution in [-0.4, -0.2) is 43.4 Å². The molecule has 1 amide bonds. The molecule has 1 aromatic carbocycles. The standard InChI is InChI=1S/C11H17N5O3/c1-14(2)11(17)7-15(3)9-4-8(13-12)5-10(6-9)16(18)19/h4-6,13H,7,12H2,1-3H3. The Morgan fingerprint density at radius 1 is 1.37 bits per heavy atom. The lowest BCUT2D eigenvalue weighted by molar-refractivity contribution is -0.384. The van der Waals surface area contributed by atoms with Crippen molar-refractivity contribution in [3.05, 3.63) is 28.3 Å². The lowest BCUT2D eigenvalue weighted by Gasteiger charge is -2.21. The Bertz CT molecular complexity index is 489. The van der Waals surface area contributed by atoms with Gasteiger partial charge in [0.05, 0.1) is 17.2 Å². The molecular weight excluding hydrogens is 250 g/mol. The Kier molecular flexibility index (Phi) is 4.65. The van der Waals surface area contributed by atoms with Crippen molar-refractivity contribution in [1.29, 1.82) is 0 Å². The van der Waals surface area contributed by atoms with Crippen LogP contribution in [0, 0.1) is 10.1 Å². The van der Waals surface area contributed by atoms with Crippen molar-refractivity contribution >= 4 is 23.0 Å². The van der Waals surface area contributed by atoms with E-state index in [1.165, 1.54) is 17.0 Å². The second-order valence-electron chi connectivity index (χ2n) is 4.28. The summed E-state index contributed by atoms with van der Waals surface area (Å²) in [6.07, 6.45) is 0. The Morgan fingerprint density at radius 2 is 2.00 bits per heavy atom. The second kappa shape index (κ2) is 6.01. The third kappa shape index (κ3) is 3.81. The van der Waals surface area contributed by atoms with E-state index in [0.717, 1.165) is 0 Å². The van der Waals surface area contributed by atoms with Gasteiger partial charge in [0.2, 0.25) is 5.91 Å². The number of hydrogen-bond donors (Lipinski definition) is 2. The van der Waals surface area contributed by atoms with E-state index in [0.29, 0.717) is 11.4 Å².